The molecule has 2 N–H and O–H groups in total. The Hall–Kier alpha value is -1.32. The first-order chi connectivity index (χ1) is 9.78. The Labute approximate surface area is 128 Å². The van der Waals surface area contributed by atoms with Crippen LogP contribution in [-0.4, -0.2) is 6.54 Å². The third-order valence-electron chi connectivity index (χ3n) is 3.92. The Morgan fingerprint density at radius 1 is 1.15 bits per heavy atom. The van der Waals surface area contributed by atoms with E-state index in [0.29, 0.717) is 6.54 Å². The van der Waals surface area contributed by atoms with Crippen molar-refractivity contribution in [3.05, 3.63) is 63.6 Å². The fourth-order valence-corrected chi connectivity index (χ4v) is 3.38. The molecule has 2 aromatic carbocycles. The number of hydrogen-bond donors (Lipinski definition) is 1. The van der Waals surface area contributed by atoms with Gasteiger partial charge in [0.2, 0.25) is 0 Å². The summed E-state index contributed by atoms with van der Waals surface area (Å²) in [6, 6.07) is 15.2. The molecule has 0 saturated heterocycles. The summed E-state index contributed by atoms with van der Waals surface area (Å²) in [5.74, 6) is 0. The van der Waals surface area contributed by atoms with Crippen molar-refractivity contribution in [2.45, 2.75) is 25.9 Å². The first-order valence-electron chi connectivity index (χ1n) is 7.08. The maximum Gasteiger partial charge on any atom is 0.0440 e. The number of para-hydroxylation sites is 1. The van der Waals surface area contributed by atoms with E-state index in [1.807, 2.05) is 0 Å². The largest absolute Gasteiger partial charge is 0.367 e. The molecule has 0 unspecified atom stereocenters. The van der Waals surface area contributed by atoms with Crippen LogP contribution in [0.2, 0.25) is 0 Å². The van der Waals surface area contributed by atoms with Crippen LogP contribution in [0.15, 0.2) is 46.9 Å². The second-order valence-electron chi connectivity index (χ2n) is 5.28. The molecule has 0 radical (unpaired) electrons. The molecule has 2 nitrogen and oxygen atoms in total. The van der Waals surface area contributed by atoms with E-state index in [-0.39, 0.29) is 0 Å². The second kappa shape index (κ2) is 5.98. The molecule has 1 aliphatic rings. The maximum absolute atomic E-state index is 5.69. The van der Waals surface area contributed by atoms with Crippen LogP contribution in [0, 0.1) is 0 Å². The van der Waals surface area contributed by atoms with Gasteiger partial charge in [0.05, 0.1) is 0 Å². The molecule has 0 fully saturated rings. The molecule has 20 heavy (non-hydrogen) atoms. The van der Waals surface area contributed by atoms with Crippen LogP contribution in [0.3, 0.4) is 0 Å². The number of fused-ring (bicyclic) bond motifs is 1. The standard InChI is InChI=1S/C17H19BrN2/c18-16-10-13(11-19)7-8-15(16)12-20-9-3-5-14-4-1-2-6-17(14)20/h1-2,4,6-8,10H,3,5,9,11-12,19H2. The molecule has 0 atom stereocenters. The van der Waals surface area contributed by atoms with Crippen molar-refractivity contribution in [3.8, 4) is 0 Å². The summed E-state index contributed by atoms with van der Waals surface area (Å²) in [5.41, 5.74) is 11.0. The van der Waals surface area contributed by atoms with Gasteiger partial charge in [0.1, 0.15) is 0 Å². The fraction of sp³-hybridized carbons (Fsp3) is 0.294. The topological polar surface area (TPSA) is 29.3 Å². The third-order valence-corrected chi connectivity index (χ3v) is 4.66. The van der Waals surface area contributed by atoms with E-state index >= 15 is 0 Å². The predicted molar refractivity (Wildman–Crippen MR) is 87.8 cm³/mol. The van der Waals surface area contributed by atoms with Crippen LogP contribution in [-0.2, 0) is 19.5 Å². The van der Waals surface area contributed by atoms with E-state index in [2.05, 4.69) is 63.3 Å². The average Bonchev–Trinajstić information content (AvgIpc) is 2.49. The van der Waals surface area contributed by atoms with Gasteiger partial charge >= 0.3 is 0 Å². The van der Waals surface area contributed by atoms with Crippen molar-refractivity contribution < 1.29 is 0 Å². The van der Waals surface area contributed by atoms with Crippen LogP contribution in [0.5, 0.6) is 0 Å². The van der Waals surface area contributed by atoms with Crippen molar-refractivity contribution in [1.82, 2.24) is 0 Å². The molecule has 1 aliphatic heterocycles. The van der Waals surface area contributed by atoms with Crippen LogP contribution in [0.1, 0.15) is 23.1 Å². The highest BCUT2D eigenvalue weighted by Gasteiger charge is 2.17. The molecule has 3 rings (SSSR count). The van der Waals surface area contributed by atoms with Crippen molar-refractivity contribution in [1.29, 1.82) is 0 Å². The highest BCUT2D eigenvalue weighted by atomic mass is 79.9. The Balaban J connectivity index is 1.85. The summed E-state index contributed by atoms with van der Waals surface area (Å²) in [7, 11) is 0. The summed E-state index contributed by atoms with van der Waals surface area (Å²) >= 11 is 3.67. The SMILES string of the molecule is NCc1ccc(CN2CCCc3ccccc32)c(Br)c1. The van der Waals surface area contributed by atoms with Gasteiger partial charge in [-0.2, -0.15) is 0 Å². The quantitative estimate of drug-likeness (QED) is 0.925. The first-order valence-corrected chi connectivity index (χ1v) is 7.87. The third kappa shape index (κ3) is 2.74. The van der Waals surface area contributed by atoms with Gasteiger partial charge in [0, 0.05) is 29.8 Å². The Kier molecular flexibility index (Phi) is 4.08. The van der Waals surface area contributed by atoms with Crippen LogP contribution in [0.4, 0.5) is 5.69 Å². The summed E-state index contributed by atoms with van der Waals surface area (Å²) in [5, 5.41) is 0. The summed E-state index contributed by atoms with van der Waals surface area (Å²) in [6.45, 7) is 2.66. The Morgan fingerprint density at radius 3 is 2.80 bits per heavy atom. The Morgan fingerprint density at radius 2 is 2.00 bits per heavy atom. The second-order valence-corrected chi connectivity index (χ2v) is 6.14. The lowest BCUT2D eigenvalue weighted by molar-refractivity contribution is 0.690. The minimum absolute atomic E-state index is 0.589. The normalized spacial score (nSPS) is 14.2. The number of nitrogens with zero attached hydrogens (tertiary/aromatic N) is 1. The van der Waals surface area contributed by atoms with E-state index in [4.69, 9.17) is 5.73 Å². The molecular weight excluding hydrogens is 312 g/mol. The van der Waals surface area contributed by atoms with E-state index in [9.17, 15) is 0 Å². The van der Waals surface area contributed by atoms with Gasteiger partial charge in [0.25, 0.3) is 0 Å². The molecule has 0 saturated carbocycles. The van der Waals surface area contributed by atoms with Crippen LogP contribution < -0.4 is 10.6 Å². The highest BCUT2D eigenvalue weighted by Crippen LogP contribution is 2.29. The van der Waals surface area contributed by atoms with Crippen LogP contribution >= 0.6 is 15.9 Å². The average molecular weight is 331 g/mol. The summed E-state index contributed by atoms with van der Waals surface area (Å²) in [4.78, 5) is 2.47. The zero-order chi connectivity index (χ0) is 13.9. The highest BCUT2D eigenvalue weighted by molar-refractivity contribution is 9.10. The number of nitrogens with two attached hydrogens (primary N) is 1. The number of rotatable bonds is 3. The molecule has 3 heteroatoms. The van der Waals surface area contributed by atoms with Gasteiger partial charge in [-0.1, -0.05) is 46.3 Å². The maximum atomic E-state index is 5.69. The minimum atomic E-state index is 0.589. The van der Waals surface area contributed by atoms with Gasteiger partial charge in [-0.15, -0.1) is 0 Å². The monoisotopic (exact) mass is 330 g/mol. The predicted octanol–water partition coefficient (Wildman–Crippen LogP) is 3.86. The lowest BCUT2D eigenvalue weighted by atomic mass is 10.0. The van der Waals surface area contributed by atoms with Crippen LogP contribution in [0.25, 0.3) is 0 Å². The van der Waals surface area contributed by atoms with Crippen molar-refractivity contribution in [2.75, 3.05) is 11.4 Å². The van der Waals surface area contributed by atoms with E-state index in [0.717, 1.165) is 17.6 Å². The molecule has 0 aliphatic carbocycles. The smallest absolute Gasteiger partial charge is 0.0440 e. The minimum Gasteiger partial charge on any atom is -0.367 e. The lowest BCUT2D eigenvalue weighted by Crippen LogP contribution is -2.28. The molecule has 0 aromatic heterocycles. The summed E-state index contributed by atoms with van der Waals surface area (Å²) < 4.78 is 1.16. The molecule has 0 spiro atoms. The zero-order valence-electron chi connectivity index (χ0n) is 11.5. The lowest BCUT2D eigenvalue weighted by Gasteiger charge is -2.31. The van der Waals surface area contributed by atoms with Gasteiger partial charge < -0.3 is 10.6 Å². The number of hydrogen-bond acceptors (Lipinski definition) is 2. The van der Waals surface area contributed by atoms with E-state index in [1.165, 1.54) is 35.2 Å². The molecule has 0 bridgehead atoms. The van der Waals surface area contributed by atoms with Crippen molar-refractivity contribution in [2.24, 2.45) is 5.73 Å². The molecular formula is C17H19BrN2. The first kappa shape index (κ1) is 13.7. The van der Waals surface area contributed by atoms with Gasteiger partial charge in [0.15, 0.2) is 0 Å². The van der Waals surface area contributed by atoms with Crippen molar-refractivity contribution >= 4 is 21.6 Å². The van der Waals surface area contributed by atoms with Gasteiger partial charge in [-0.05, 0) is 41.7 Å². The van der Waals surface area contributed by atoms with E-state index < -0.39 is 0 Å². The zero-order valence-corrected chi connectivity index (χ0v) is 13.1. The molecule has 2 aromatic rings. The van der Waals surface area contributed by atoms with Gasteiger partial charge in [-0.3, -0.25) is 0 Å². The molecule has 0 amide bonds. The molecule has 104 valence electrons. The summed E-state index contributed by atoms with van der Waals surface area (Å²) in [6.07, 6.45) is 2.43. The van der Waals surface area contributed by atoms with Crippen molar-refractivity contribution in [3.63, 3.8) is 0 Å². The number of benzene rings is 2. The fourth-order valence-electron chi connectivity index (χ4n) is 2.83. The number of aryl methyl sites for hydroxylation is 1. The number of halogens is 1. The van der Waals surface area contributed by atoms with Gasteiger partial charge in [-0.25, -0.2) is 0 Å². The van der Waals surface area contributed by atoms with E-state index in [1.54, 1.807) is 0 Å². The number of anilines is 1. The molecule has 1 heterocycles. The Bertz CT molecular complexity index is 610.